The van der Waals surface area contributed by atoms with Crippen LogP contribution in [-0.4, -0.2) is 6.54 Å². The molecule has 2 aromatic carbocycles. The molecule has 1 heterocycles. The fraction of sp³-hybridized carbons (Fsp3) is 0.250. The molecular weight excluding hydrogens is 225 g/mol. The summed E-state index contributed by atoms with van der Waals surface area (Å²) in [6.07, 6.45) is 1.89. The Morgan fingerprint density at radius 1 is 1.11 bits per heavy atom. The minimum Gasteiger partial charge on any atom is -0.312 e. The van der Waals surface area contributed by atoms with Crippen LogP contribution >= 0.6 is 0 Å². The van der Waals surface area contributed by atoms with Crippen molar-refractivity contribution in [2.45, 2.75) is 19.4 Å². The summed E-state index contributed by atoms with van der Waals surface area (Å²) in [5, 5.41) is 3.38. The van der Waals surface area contributed by atoms with E-state index in [9.17, 15) is 4.39 Å². The quantitative estimate of drug-likeness (QED) is 0.852. The van der Waals surface area contributed by atoms with Gasteiger partial charge in [-0.1, -0.05) is 30.3 Å². The standard InChI is InChI=1S/C16H16FN/c17-15-6-1-3-12(10-15)9-13-4-2-5-14-11-18-8-7-16(13)14/h1-6,10,18H,7-9,11H2. The molecule has 0 aromatic heterocycles. The van der Waals surface area contributed by atoms with E-state index in [1.165, 1.54) is 22.8 Å². The minimum absolute atomic E-state index is 0.154. The molecule has 0 saturated heterocycles. The summed E-state index contributed by atoms with van der Waals surface area (Å²) in [6.45, 7) is 1.99. The third-order valence-electron chi connectivity index (χ3n) is 3.52. The van der Waals surface area contributed by atoms with Crippen LogP contribution in [0.15, 0.2) is 42.5 Å². The predicted octanol–water partition coefficient (Wildman–Crippen LogP) is 3.06. The topological polar surface area (TPSA) is 12.0 Å². The van der Waals surface area contributed by atoms with Gasteiger partial charge in [-0.25, -0.2) is 4.39 Å². The Labute approximate surface area is 107 Å². The number of hydrogen-bond donors (Lipinski definition) is 1. The molecule has 2 heteroatoms. The number of fused-ring (bicyclic) bond motifs is 1. The third-order valence-corrected chi connectivity index (χ3v) is 3.52. The molecule has 0 aliphatic carbocycles. The molecule has 92 valence electrons. The lowest BCUT2D eigenvalue weighted by Gasteiger charge is -2.20. The van der Waals surface area contributed by atoms with Crippen molar-refractivity contribution in [3.63, 3.8) is 0 Å². The van der Waals surface area contributed by atoms with Gasteiger partial charge in [-0.05, 0) is 53.8 Å². The van der Waals surface area contributed by atoms with E-state index in [4.69, 9.17) is 0 Å². The molecule has 1 aliphatic heterocycles. The molecule has 0 unspecified atom stereocenters. The Kier molecular flexibility index (Phi) is 3.11. The first-order chi connectivity index (χ1) is 8.83. The Morgan fingerprint density at radius 3 is 2.89 bits per heavy atom. The van der Waals surface area contributed by atoms with Crippen molar-refractivity contribution >= 4 is 0 Å². The van der Waals surface area contributed by atoms with E-state index in [1.54, 1.807) is 12.1 Å². The van der Waals surface area contributed by atoms with E-state index in [-0.39, 0.29) is 5.82 Å². The maximum Gasteiger partial charge on any atom is 0.123 e. The maximum atomic E-state index is 13.2. The van der Waals surface area contributed by atoms with Crippen LogP contribution in [0.5, 0.6) is 0 Å². The van der Waals surface area contributed by atoms with Gasteiger partial charge in [0, 0.05) is 6.54 Å². The van der Waals surface area contributed by atoms with Crippen LogP contribution in [0.3, 0.4) is 0 Å². The lowest BCUT2D eigenvalue weighted by Crippen LogP contribution is -2.24. The molecule has 0 amide bonds. The van der Waals surface area contributed by atoms with Crippen LogP contribution in [0.2, 0.25) is 0 Å². The average molecular weight is 241 g/mol. The first kappa shape index (κ1) is 11.4. The second-order valence-corrected chi connectivity index (χ2v) is 4.79. The van der Waals surface area contributed by atoms with Crippen LogP contribution in [0.1, 0.15) is 22.3 Å². The average Bonchev–Trinajstić information content (AvgIpc) is 2.39. The summed E-state index contributed by atoms with van der Waals surface area (Å²) in [5.74, 6) is -0.154. The van der Waals surface area contributed by atoms with Crippen LogP contribution in [0.25, 0.3) is 0 Å². The molecule has 1 nitrogen and oxygen atoms in total. The zero-order chi connectivity index (χ0) is 12.4. The predicted molar refractivity (Wildman–Crippen MR) is 71.1 cm³/mol. The first-order valence-corrected chi connectivity index (χ1v) is 6.38. The van der Waals surface area contributed by atoms with Gasteiger partial charge in [0.15, 0.2) is 0 Å². The summed E-state index contributed by atoms with van der Waals surface area (Å²) >= 11 is 0. The smallest absolute Gasteiger partial charge is 0.123 e. The number of hydrogen-bond acceptors (Lipinski definition) is 1. The van der Waals surface area contributed by atoms with E-state index in [1.807, 2.05) is 6.07 Å². The van der Waals surface area contributed by atoms with Crippen molar-refractivity contribution in [1.82, 2.24) is 5.32 Å². The molecular formula is C16H16FN. The highest BCUT2D eigenvalue weighted by atomic mass is 19.1. The van der Waals surface area contributed by atoms with E-state index in [0.717, 1.165) is 31.5 Å². The molecule has 1 N–H and O–H groups in total. The number of nitrogens with one attached hydrogen (secondary N) is 1. The van der Waals surface area contributed by atoms with Crippen molar-refractivity contribution in [1.29, 1.82) is 0 Å². The molecule has 0 spiro atoms. The number of halogens is 1. The molecule has 0 bridgehead atoms. The van der Waals surface area contributed by atoms with Crippen molar-refractivity contribution in [3.8, 4) is 0 Å². The molecule has 0 atom stereocenters. The van der Waals surface area contributed by atoms with Gasteiger partial charge in [-0.15, -0.1) is 0 Å². The van der Waals surface area contributed by atoms with Gasteiger partial charge in [-0.2, -0.15) is 0 Å². The Morgan fingerprint density at radius 2 is 2.00 bits per heavy atom. The molecule has 0 radical (unpaired) electrons. The zero-order valence-electron chi connectivity index (χ0n) is 10.2. The molecule has 0 fully saturated rings. The highest BCUT2D eigenvalue weighted by Crippen LogP contribution is 2.21. The molecule has 3 rings (SSSR count). The van der Waals surface area contributed by atoms with Crippen LogP contribution < -0.4 is 5.32 Å². The first-order valence-electron chi connectivity index (χ1n) is 6.38. The molecule has 1 aliphatic rings. The lowest BCUT2D eigenvalue weighted by molar-refractivity contribution is 0.625. The molecule has 0 saturated carbocycles. The Hall–Kier alpha value is -1.67. The summed E-state index contributed by atoms with van der Waals surface area (Å²) in [5.41, 5.74) is 5.21. The fourth-order valence-electron chi connectivity index (χ4n) is 2.64. The number of rotatable bonds is 2. The second kappa shape index (κ2) is 4.91. The molecule has 2 aromatic rings. The Bertz CT molecular complexity index is 563. The Balaban J connectivity index is 1.93. The fourth-order valence-corrected chi connectivity index (χ4v) is 2.64. The highest BCUT2D eigenvalue weighted by Gasteiger charge is 2.12. The van der Waals surface area contributed by atoms with Gasteiger partial charge in [0.2, 0.25) is 0 Å². The van der Waals surface area contributed by atoms with Crippen LogP contribution in [0.4, 0.5) is 4.39 Å². The van der Waals surface area contributed by atoms with Gasteiger partial charge in [-0.3, -0.25) is 0 Å². The van der Waals surface area contributed by atoms with Crippen molar-refractivity contribution in [3.05, 3.63) is 70.5 Å². The van der Waals surface area contributed by atoms with Gasteiger partial charge >= 0.3 is 0 Å². The van der Waals surface area contributed by atoms with E-state index < -0.39 is 0 Å². The van der Waals surface area contributed by atoms with Gasteiger partial charge in [0.1, 0.15) is 5.82 Å². The minimum atomic E-state index is -0.154. The van der Waals surface area contributed by atoms with E-state index >= 15 is 0 Å². The summed E-state index contributed by atoms with van der Waals surface area (Å²) < 4.78 is 13.2. The normalized spacial score (nSPS) is 14.3. The second-order valence-electron chi connectivity index (χ2n) is 4.79. The number of benzene rings is 2. The largest absolute Gasteiger partial charge is 0.312 e. The highest BCUT2D eigenvalue weighted by molar-refractivity contribution is 5.40. The van der Waals surface area contributed by atoms with Gasteiger partial charge in [0.25, 0.3) is 0 Å². The SMILES string of the molecule is Fc1cccc(Cc2cccc3c2CCNC3)c1. The monoisotopic (exact) mass is 241 g/mol. The summed E-state index contributed by atoms with van der Waals surface area (Å²) in [6, 6.07) is 13.3. The van der Waals surface area contributed by atoms with Crippen molar-refractivity contribution in [2.75, 3.05) is 6.54 Å². The maximum absolute atomic E-state index is 13.2. The van der Waals surface area contributed by atoms with E-state index in [0.29, 0.717) is 0 Å². The molecule has 18 heavy (non-hydrogen) atoms. The van der Waals surface area contributed by atoms with Gasteiger partial charge < -0.3 is 5.32 Å². The van der Waals surface area contributed by atoms with Gasteiger partial charge in [0.05, 0.1) is 0 Å². The van der Waals surface area contributed by atoms with Crippen molar-refractivity contribution < 1.29 is 4.39 Å². The third kappa shape index (κ3) is 2.29. The summed E-state index contributed by atoms with van der Waals surface area (Å²) in [4.78, 5) is 0. The zero-order valence-corrected chi connectivity index (χ0v) is 10.2. The summed E-state index contributed by atoms with van der Waals surface area (Å²) in [7, 11) is 0. The lowest BCUT2D eigenvalue weighted by atomic mass is 9.92. The van der Waals surface area contributed by atoms with Crippen molar-refractivity contribution in [2.24, 2.45) is 0 Å². The van der Waals surface area contributed by atoms with Crippen LogP contribution in [-0.2, 0) is 19.4 Å². The van der Waals surface area contributed by atoms with E-state index in [2.05, 4.69) is 23.5 Å². The van der Waals surface area contributed by atoms with Crippen LogP contribution in [0, 0.1) is 5.82 Å².